The molecule has 5 rings (SSSR count). The molecule has 0 radical (unpaired) electrons. The molecule has 2 unspecified atom stereocenters. The highest BCUT2D eigenvalue weighted by atomic mass is 32.2. The molecule has 0 saturated carbocycles. The Bertz CT molecular complexity index is 1110. The van der Waals surface area contributed by atoms with Crippen LogP contribution >= 0.6 is 11.8 Å². The molecule has 168 valence electrons. The highest BCUT2D eigenvalue weighted by Crippen LogP contribution is 2.29. The summed E-state index contributed by atoms with van der Waals surface area (Å²) in [5, 5.41) is 10.1. The number of furan rings is 1. The van der Waals surface area contributed by atoms with Gasteiger partial charge in [-0.05, 0) is 48.9 Å². The third kappa shape index (κ3) is 4.70. The molecule has 0 N–H and O–H groups in total. The van der Waals surface area contributed by atoms with Crippen LogP contribution in [0, 0.1) is 11.8 Å². The van der Waals surface area contributed by atoms with Crippen molar-refractivity contribution in [1.82, 2.24) is 19.7 Å². The maximum absolute atomic E-state index is 5.85. The standard InChI is InChI=1S/C24H29N5O2S/c1-17-13-18(2)15-28(14-17)23-26-27-24(29(23)16-19-7-5-11-30-19)32-12-6-10-22-25-20-8-3-4-9-21(20)31-22/h3-5,7-9,11,17-18H,6,10,12-16H2,1-2H3. The van der Waals surface area contributed by atoms with Gasteiger partial charge in [-0.15, -0.1) is 10.2 Å². The van der Waals surface area contributed by atoms with Crippen molar-refractivity contribution in [2.45, 2.75) is 44.8 Å². The Balaban J connectivity index is 1.27. The van der Waals surface area contributed by atoms with Crippen LogP contribution < -0.4 is 4.90 Å². The summed E-state index contributed by atoms with van der Waals surface area (Å²) in [4.78, 5) is 6.96. The highest BCUT2D eigenvalue weighted by Gasteiger charge is 2.27. The zero-order chi connectivity index (χ0) is 21.9. The fourth-order valence-electron chi connectivity index (χ4n) is 4.56. The number of aromatic nitrogens is 4. The van der Waals surface area contributed by atoms with Gasteiger partial charge in [0.15, 0.2) is 16.6 Å². The molecule has 1 saturated heterocycles. The number of para-hydroxylation sites is 2. The largest absolute Gasteiger partial charge is 0.467 e. The molecule has 0 bridgehead atoms. The van der Waals surface area contributed by atoms with Crippen LogP contribution in [0.15, 0.2) is 56.7 Å². The van der Waals surface area contributed by atoms with Crippen LogP contribution in [0.1, 0.15) is 38.3 Å². The number of thioether (sulfide) groups is 1. The van der Waals surface area contributed by atoms with Crippen molar-refractivity contribution in [2.75, 3.05) is 23.7 Å². The number of hydrogen-bond acceptors (Lipinski definition) is 7. The quantitative estimate of drug-likeness (QED) is 0.267. The second kappa shape index (κ2) is 9.40. The smallest absolute Gasteiger partial charge is 0.228 e. The molecule has 2 atom stereocenters. The fraction of sp³-hybridized carbons (Fsp3) is 0.458. The Morgan fingerprint density at radius 2 is 1.91 bits per heavy atom. The number of oxazole rings is 1. The predicted molar refractivity (Wildman–Crippen MR) is 126 cm³/mol. The van der Waals surface area contributed by atoms with Gasteiger partial charge in [-0.3, -0.25) is 4.57 Å². The molecule has 7 nitrogen and oxygen atoms in total. The van der Waals surface area contributed by atoms with Crippen molar-refractivity contribution < 1.29 is 8.83 Å². The van der Waals surface area contributed by atoms with E-state index in [0.717, 1.165) is 65.5 Å². The minimum atomic E-state index is 0.641. The third-order valence-electron chi connectivity index (χ3n) is 5.85. The molecule has 1 aromatic carbocycles. The average molecular weight is 452 g/mol. The second-order valence-electron chi connectivity index (χ2n) is 8.83. The van der Waals surface area contributed by atoms with Gasteiger partial charge in [0.2, 0.25) is 5.95 Å². The van der Waals surface area contributed by atoms with E-state index in [-0.39, 0.29) is 0 Å². The second-order valence-corrected chi connectivity index (χ2v) is 9.89. The molecule has 1 aliphatic heterocycles. The van der Waals surface area contributed by atoms with Gasteiger partial charge in [-0.1, -0.05) is 37.7 Å². The van der Waals surface area contributed by atoms with Gasteiger partial charge in [0, 0.05) is 25.3 Å². The first kappa shape index (κ1) is 21.1. The van der Waals surface area contributed by atoms with Gasteiger partial charge in [0.05, 0.1) is 12.8 Å². The lowest BCUT2D eigenvalue weighted by atomic mass is 9.92. The van der Waals surface area contributed by atoms with E-state index in [4.69, 9.17) is 8.83 Å². The molecule has 1 fully saturated rings. The topological polar surface area (TPSA) is 73.1 Å². The highest BCUT2D eigenvalue weighted by molar-refractivity contribution is 7.99. The molecule has 8 heteroatoms. The van der Waals surface area contributed by atoms with Gasteiger partial charge < -0.3 is 13.7 Å². The Labute approximate surface area is 192 Å². The first-order chi connectivity index (χ1) is 15.7. The molecular weight excluding hydrogens is 422 g/mol. The number of fused-ring (bicyclic) bond motifs is 1. The Morgan fingerprint density at radius 1 is 1.06 bits per heavy atom. The molecule has 3 aromatic heterocycles. The van der Waals surface area contributed by atoms with Crippen molar-refractivity contribution in [3.8, 4) is 0 Å². The predicted octanol–water partition coefficient (Wildman–Crippen LogP) is 5.27. The van der Waals surface area contributed by atoms with Crippen LogP contribution in [-0.4, -0.2) is 38.6 Å². The van der Waals surface area contributed by atoms with Crippen molar-refractivity contribution in [2.24, 2.45) is 11.8 Å². The summed E-state index contributed by atoms with van der Waals surface area (Å²) >= 11 is 1.73. The van der Waals surface area contributed by atoms with Crippen LogP contribution in [0.4, 0.5) is 5.95 Å². The summed E-state index contributed by atoms with van der Waals surface area (Å²) in [5.74, 6) is 4.88. The summed E-state index contributed by atoms with van der Waals surface area (Å²) in [6, 6.07) is 11.8. The maximum Gasteiger partial charge on any atom is 0.228 e. The monoisotopic (exact) mass is 451 g/mol. The molecule has 0 spiro atoms. The minimum absolute atomic E-state index is 0.641. The molecule has 4 aromatic rings. The number of aryl methyl sites for hydroxylation is 1. The van der Waals surface area contributed by atoms with E-state index in [9.17, 15) is 0 Å². The van der Waals surface area contributed by atoms with Gasteiger partial charge in [-0.25, -0.2) is 4.98 Å². The Kier molecular flexibility index (Phi) is 6.21. The minimum Gasteiger partial charge on any atom is -0.467 e. The number of benzene rings is 1. The summed E-state index contributed by atoms with van der Waals surface area (Å²) in [7, 11) is 0. The number of hydrogen-bond donors (Lipinski definition) is 0. The number of anilines is 1. The maximum atomic E-state index is 5.85. The SMILES string of the molecule is CC1CC(C)CN(c2nnc(SCCCc3nc4ccccc4o3)n2Cc2ccco2)C1. The van der Waals surface area contributed by atoms with Gasteiger partial charge in [0.25, 0.3) is 0 Å². The average Bonchev–Trinajstić information content (AvgIpc) is 3.51. The normalized spacial score (nSPS) is 19.1. The Hall–Kier alpha value is -2.74. The lowest BCUT2D eigenvalue weighted by Crippen LogP contribution is -2.40. The van der Waals surface area contributed by atoms with Crippen molar-refractivity contribution >= 4 is 28.8 Å². The van der Waals surface area contributed by atoms with E-state index in [1.54, 1.807) is 18.0 Å². The first-order valence-electron chi connectivity index (χ1n) is 11.3. The molecular formula is C24H29N5O2S. The number of nitrogens with zero attached hydrogens (tertiary/aromatic N) is 5. The molecule has 0 amide bonds. The van der Waals surface area contributed by atoms with Crippen LogP contribution in [0.2, 0.25) is 0 Å². The van der Waals surface area contributed by atoms with Crippen molar-refractivity contribution in [1.29, 1.82) is 0 Å². The molecule has 0 aliphatic carbocycles. The van der Waals surface area contributed by atoms with E-state index >= 15 is 0 Å². The van der Waals surface area contributed by atoms with Gasteiger partial charge in [-0.2, -0.15) is 0 Å². The van der Waals surface area contributed by atoms with E-state index in [1.807, 2.05) is 36.4 Å². The van der Waals surface area contributed by atoms with E-state index in [0.29, 0.717) is 18.4 Å². The summed E-state index contributed by atoms with van der Waals surface area (Å²) in [5.41, 5.74) is 1.77. The van der Waals surface area contributed by atoms with E-state index < -0.39 is 0 Å². The fourth-order valence-corrected chi connectivity index (χ4v) is 5.43. The van der Waals surface area contributed by atoms with Crippen LogP contribution in [0.5, 0.6) is 0 Å². The van der Waals surface area contributed by atoms with Crippen LogP contribution in [0.3, 0.4) is 0 Å². The van der Waals surface area contributed by atoms with Crippen LogP contribution in [-0.2, 0) is 13.0 Å². The van der Waals surface area contributed by atoms with Crippen molar-refractivity contribution in [3.63, 3.8) is 0 Å². The molecule has 4 heterocycles. The van der Waals surface area contributed by atoms with Crippen LogP contribution in [0.25, 0.3) is 11.1 Å². The zero-order valence-electron chi connectivity index (χ0n) is 18.6. The van der Waals surface area contributed by atoms with E-state index in [2.05, 4.69) is 38.5 Å². The lowest BCUT2D eigenvalue weighted by Gasteiger charge is -2.35. The molecule has 32 heavy (non-hydrogen) atoms. The summed E-state index contributed by atoms with van der Waals surface area (Å²) in [6.45, 7) is 7.31. The summed E-state index contributed by atoms with van der Waals surface area (Å²) < 4.78 is 13.7. The van der Waals surface area contributed by atoms with Gasteiger partial charge in [0.1, 0.15) is 11.3 Å². The first-order valence-corrected chi connectivity index (χ1v) is 12.3. The van der Waals surface area contributed by atoms with Crippen molar-refractivity contribution in [3.05, 3.63) is 54.3 Å². The number of rotatable bonds is 8. The lowest BCUT2D eigenvalue weighted by molar-refractivity contribution is 0.350. The van der Waals surface area contributed by atoms with Gasteiger partial charge >= 0.3 is 0 Å². The molecule has 1 aliphatic rings. The Morgan fingerprint density at radius 3 is 2.69 bits per heavy atom. The van der Waals surface area contributed by atoms with E-state index in [1.165, 1.54) is 6.42 Å². The summed E-state index contributed by atoms with van der Waals surface area (Å²) in [6.07, 6.45) is 4.75. The zero-order valence-corrected chi connectivity index (χ0v) is 19.4. The third-order valence-corrected chi connectivity index (χ3v) is 6.90. The number of piperidine rings is 1.